The van der Waals surface area contributed by atoms with Crippen molar-refractivity contribution in [2.24, 2.45) is 0 Å². The summed E-state index contributed by atoms with van der Waals surface area (Å²) in [5, 5.41) is 0. The van der Waals surface area contributed by atoms with Gasteiger partial charge in [0.25, 0.3) is 0 Å². The van der Waals surface area contributed by atoms with Crippen LogP contribution in [0.1, 0.15) is 102 Å². The summed E-state index contributed by atoms with van der Waals surface area (Å²) in [6, 6.07) is 0. The number of aryl methyl sites for hydroxylation is 2. The number of aromatic nitrogens is 2. The van der Waals surface area contributed by atoms with Crippen molar-refractivity contribution in [1.29, 1.82) is 0 Å². The minimum absolute atomic E-state index is 1.09. The van der Waals surface area contributed by atoms with Crippen molar-refractivity contribution in [2.75, 3.05) is 0 Å². The van der Waals surface area contributed by atoms with Gasteiger partial charge in [-0.2, -0.15) is 0 Å². The van der Waals surface area contributed by atoms with E-state index in [1.807, 2.05) is 12.4 Å². The molecule has 0 aliphatic heterocycles. The quantitative estimate of drug-likeness (QED) is 0.378. The molecule has 0 aliphatic carbocycles. The van der Waals surface area contributed by atoms with E-state index in [1.54, 1.807) is 0 Å². The third kappa shape index (κ3) is 9.92. The van der Waals surface area contributed by atoms with Crippen LogP contribution in [0.3, 0.4) is 0 Å². The highest BCUT2D eigenvalue weighted by Gasteiger charge is 1.99. The first kappa shape index (κ1) is 19.1. The molecular weight excluding hydrogens is 268 g/mol. The van der Waals surface area contributed by atoms with Gasteiger partial charge in [0.15, 0.2) is 0 Å². The Labute approximate surface area is 138 Å². The molecule has 0 saturated carbocycles. The van der Waals surface area contributed by atoms with E-state index in [0.717, 1.165) is 12.8 Å². The van der Waals surface area contributed by atoms with Crippen LogP contribution < -0.4 is 0 Å². The zero-order chi connectivity index (χ0) is 15.9. The van der Waals surface area contributed by atoms with Gasteiger partial charge in [-0.25, -0.2) is 0 Å². The second kappa shape index (κ2) is 13.7. The largest absolute Gasteiger partial charge is 0.258 e. The van der Waals surface area contributed by atoms with Gasteiger partial charge in [0.05, 0.1) is 11.4 Å². The lowest BCUT2D eigenvalue weighted by Crippen LogP contribution is -1.97. The van der Waals surface area contributed by atoms with Gasteiger partial charge in [-0.05, 0) is 25.7 Å². The summed E-state index contributed by atoms with van der Waals surface area (Å²) in [6.45, 7) is 4.53. The van der Waals surface area contributed by atoms with Crippen molar-refractivity contribution in [2.45, 2.75) is 104 Å². The molecule has 1 heterocycles. The van der Waals surface area contributed by atoms with Crippen LogP contribution in [-0.2, 0) is 12.8 Å². The molecule has 0 atom stereocenters. The van der Waals surface area contributed by atoms with Crippen LogP contribution in [0.4, 0.5) is 0 Å². The lowest BCUT2D eigenvalue weighted by atomic mass is 10.1. The third-order valence-corrected chi connectivity index (χ3v) is 4.33. The Morgan fingerprint density at radius 1 is 0.545 bits per heavy atom. The van der Waals surface area contributed by atoms with Crippen molar-refractivity contribution in [3.8, 4) is 0 Å². The van der Waals surface area contributed by atoms with Crippen LogP contribution in [0.25, 0.3) is 0 Å². The van der Waals surface area contributed by atoms with Crippen LogP contribution in [0.2, 0.25) is 0 Å². The van der Waals surface area contributed by atoms with Crippen LogP contribution in [0.15, 0.2) is 12.4 Å². The molecule has 2 nitrogen and oxygen atoms in total. The molecule has 1 rings (SSSR count). The fourth-order valence-corrected chi connectivity index (χ4v) is 2.81. The molecule has 1 aromatic heterocycles. The normalized spacial score (nSPS) is 11.0. The minimum Gasteiger partial charge on any atom is -0.258 e. The maximum absolute atomic E-state index is 4.58. The highest BCUT2D eigenvalue weighted by atomic mass is 14.8. The predicted molar refractivity (Wildman–Crippen MR) is 96.2 cm³/mol. The van der Waals surface area contributed by atoms with E-state index in [4.69, 9.17) is 0 Å². The lowest BCUT2D eigenvalue weighted by molar-refractivity contribution is 0.600. The first-order valence-corrected chi connectivity index (χ1v) is 9.66. The summed E-state index contributed by atoms with van der Waals surface area (Å²) in [6.07, 6.45) is 22.3. The Bertz CT molecular complexity index is 310. The van der Waals surface area contributed by atoms with Gasteiger partial charge in [0.2, 0.25) is 0 Å². The van der Waals surface area contributed by atoms with Crippen LogP contribution in [0, 0.1) is 0 Å². The average Bonchev–Trinajstić information content (AvgIpc) is 2.55. The smallest absolute Gasteiger partial charge is 0.0586 e. The molecule has 0 unspecified atom stereocenters. The van der Waals surface area contributed by atoms with Gasteiger partial charge in [0, 0.05) is 12.4 Å². The second-order valence-electron chi connectivity index (χ2n) is 6.53. The Kier molecular flexibility index (Phi) is 11.9. The van der Waals surface area contributed by atoms with E-state index in [-0.39, 0.29) is 0 Å². The molecule has 0 amide bonds. The molecule has 0 radical (unpaired) electrons. The zero-order valence-electron chi connectivity index (χ0n) is 14.9. The molecular formula is C20H36N2. The van der Waals surface area contributed by atoms with E-state index in [0.29, 0.717) is 0 Å². The van der Waals surface area contributed by atoms with Crippen LogP contribution >= 0.6 is 0 Å². The molecule has 0 fully saturated rings. The van der Waals surface area contributed by atoms with E-state index < -0.39 is 0 Å². The summed E-state index contributed by atoms with van der Waals surface area (Å²) in [4.78, 5) is 9.16. The Balaban J connectivity index is 2.07. The van der Waals surface area contributed by atoms with E-state index in [1.165, 1.54) is 88.4 Å². The molecule has 0 bridgehead atoms. The highest BCUT2D eigenvalue weighted by molar-refractivity contribution is 5.02. The molecule has 0 aromatic carbocycles. The third-order valence-electron chi connectivity index (χ3n) is 4.33. The fraction of sp³-hybridized carbons (Fsp3) is 0.800. The summed E-state index contributed by atoms with van der Waals surface area (Å²) in [5.41, 5.74) is 2.34. The van der Waals surface area contributed by atoms with E-state index in [9.17, 15) is 0 Å². The maximum Gasteiger partial charge on any atom is 0.0586 e. The maximum atomic E-state index is 4.58. The standard InChI is InChI=1S/C20H36N2/c1-3-5-7-9-11-13-15-19-17-22-20(18-21-19)16-14-12-10-8-6-4-2/h17-18H,3-16H2,1-2H3. The van der Waals surface area contributed by atoms with Gasteiger partial charge in [-0.1, -0.05) is 78.1 Å². The van der Waals surface area contributed by atoms with Crippen LogP contribution in [-0.4, -0.2) is 9.97 Å². The van der Waals surface area contributed by atoms with Gasteiger partial charge in [0.1, 0.15) is 0 Å². The number of nitrogens with zero attached hydrogens (tertiary/aromatic N) is 2. The molecule has 2 heteroatoms. The van der Waals surface area contributed by atoms with Crippen LogP contribution in [0.5, 0.6) is 0 Å². The molecule has 0 saturated heterocycles. The van der Waals surface area contributed by atoms with Gasteiger partial charge in [-0.15, -0.1) is 0 Å². The molecule has 0 N–H and O–H groups in total. The van der Waals surface area contributed by atoms with Gasteiger partial charge in [-0.3, -0.25) is 9.97 Å². The summed E-state index contributed by atoms with van der Waals surface area (Å²) in [5.74, 6) is 0. The van der Waals surface area contributed by atoms with Gasteiger partial charge >= 0.3 is 0 Å². The van der Waals surface area contributed by atoms with E-state index >= 15 is 0 Å². The Morgan fingerprint density at radius 2 is 0.909 bits per heavy atom. The first-order chi connectivity index (χ1) is 10.9. The number of hydrogen-bond donors (Lipinski definition) is 0. The Hall–Kier alpha value is -0.920. The molecule has 0 spiro atoms. The van der Waals surface area contributed by atoms with Crippen molar-refractivity contribution in [3.05, 3.63) is 23.8 Å². The Morgan fingerprint density at radius 3 is 1.27 bits per heavy atom. The fourth-order valence-electron chi connectivity index (χ4n) is 2.81. The van der Waals surface area contributed by atoms with Crippen molar-refractivity contribution in [1.82, 2.24) is 9.97 Å². The summed E-state index contributed by atoms with van der Waals surface area (Å²) in [7, 11) is 0. The second-order valence-corrected chi connectivity index (χ2v) is 6.53. The van der Waals surface area contributed by atoms with Gasteiger partial charge < -0.3 is 0 Å². The van der Waals surface area contributed by atoms with Crippen molar-refractivity contribution >= 4 is 0 Å². The minimum atomic E-state index is 1.09. The summed E-state index contributed by atoms with van der Waals surface area (Å²) < 4.78 is 0. The molecule has 22 heavy (non-hydrogen) atoms. The molecule has 126 valence electrons. The zero-order valence-corrected chi connectivity index (χ0v) is 14.9. The topological polar surface area (TPSA) is 25.8 Å². The average molecular weight is 305 g/mol. The SMILES string of the molecule is CCCCCCCCc1cnc(CCCCCCCC)cn1. The predicted octanol–water partition coefficient (Wildman–Crippen LogP) is 6.28. The summed E-state index contributed by atoms with van der Waals surface area (Å²) >= 11 is 0. The van der Waals surface area contributed by atoms with E-state index in [2.05, 4.69) is 23.8 Å². The van der Waals surface area contributed by atoms with Crippen molar-refractivity contribution < 1.29 is 0 Å². The monoisotopic (exact) mass is 304 g/mol. The molecule has 1 aromatic rings. The van der Waals surface area contributed by atoms with Crippen molar-refractivity contribution in [3.63, 3.8) is 0 Å². The first-order valence-electron chi connectivity index (χ1n) is 9.66. The molecule has 0 aliphatic rings. The highest BCUT2D eigenvalue weighted by Crippen LogP contribution is 2.10. The number of unbranched alkanes of at least 4 members (excludes halogenated alkanes) is 10. The number of hydrogen-bond acceptors (Lipinski definition) is 2. The lowest BCUT2D eigenvalue weighted by Gasteiger charge is -2.04. The number of rotatable bonds is 14.